The van der Waals surface area contributed by atoms with Crippen molar-refractivity contribution in [1.29, 1.82) is 0 Å². The van der Waals surface area contributed by atoms with E-state index in [4.69, 9.17) is 9.47 Å². The van der Waals surface area contributed by atoms with Gasteiger partial charge in [-0.1, -0.05) is 39.3 Å². The first-order valence-corrected chi connectivity index (χ1v) is 13.6. The van der Waals surface area contributed by atoms with E-state index in [9.17, 15) is 9.59 Å². The van der Waals surface area contributed by atoms with E-state index < -0.39 is 16.6 Å². The van der Waals surface area contributed by atoms with Crippen molar-refractivity contribution in [2.75, 3.05) is 0 Å². The summed E-state index contributed by atoms with van der Waals surface area (Å²) < 4.78 is 13.5. The number of Topliss-reactive ketones (excluding diaryl/α,β-unsaturated/α-hetero) is 1. The van der Waals surface area contributed by atoms with Gasteiger partial charge in [0.05, 0.1) is 6.10 Å². The Labute approximate surface area is 199 Å². The molecule has 2 saturated heterocycles. The van der Waals surface area contributed by atoms with Gasteiger partial charge in [0.2, 0.25) is 0 Å². The standard InChI is InChI=1S/C29H42O4/c1-17(2)8-7-9-18(3)20-10-13-27-24(31)33-28(15-14-25(20,27)5)26(6)12-11-22(30)19(4)21(26)16-23-29(27,28)32-23/h8,18-21,23H,7,9-16H2,1-6H3/t18-,19+,20-,21+,23+,25-,26+,27+,28+,29-/m1/s1. The third-order valence-electron chi connectivity index (χ3n) is 12.3. The fourth-order valence-corrected chi connectivity index (χ4v) is 10.6. The third kappa shape index (κ3) is 2.21. The Morgan fingerprint density at radius 3 is 2.61 bits per heavy atom. The molecule has 2 spiro atoms. The Balaban J connectivity index is 1.40. The highest BCUT2D eigenvalue weighted by atomic mass is 16.7. The number of fused-ring (bicyclic) bond motifs is 1. The number of allylic oxidation sites excluding steroid dienone is 2. The third-order valence-corrected chi connectivity index (χ3v) is 12.3. The van der Waals surface area contributed by atoms with Gasteiger partial charge in [-0.2, -0.15) is 0 Å². The monoisotopic (exact) mass is 454 g/mol. The van der Waals surface area contributed by atoms with Crippen LogP contribution in [0, 0.1) is 39.9 Å². The first-order valence-electron chi connectivity index (χ1n) is 13.6. The topological polar surface area (TPSA) is 55.9 Å². The second kappa shape index (κ2) is 6.53. The van der Waals surface area contributed by atoms with Crippen molar-refractivity contribution in [2.45, 2.75) is 117 Å². The number of ether oxygens (including phenoxy) is 2. The molecule has 4 nitrogen and oxygen atoms in total. The molecule has 0 radical (unpaired) electrons. The summed E-state index contributed by atoms with van der Waals surface area (Å²) in [5, 5.41) is 0. The fraction of sp³-hybridized carbons (Fsp3) is 0.862. The van der Waals surface area contributed by atoms with Gasteiger partial charge in [-0.3, -0.25) is 9.59 Å². The van der Waals surface area contributed by atoms with Crippen LogP contribution >= 0.6 is 0 Å². The number of rotatable bonds is 4. The van der Waals surface area contributed by atoms with Crippen molar-refractivity contribution in [2.24, 2.45) is 39.9 Å². The smallest absolute Gasteiger partial charge is 0.316 e. The summed E-state index contributed by atoms with van der Waals surface area (Å²) in [6, 6.07) is 0. The van der Waals surface area contributed by atoms with E-state index in [1.165, 1.54) is 12.0 Å². The minimum atomic E-state index is -0.542. The lowest BCUT2D eigenvalue weighted by Gasteiger charge is -2.62. The Morgan fingerprint density at radius 2 is 1.88 bits per heavy atom. The molecule has 2 heterocycles. The highest BCUT2D eigenvalue weighted by molar-refractivity contribution is 5.88. The fourth-order valence-electron chi connectivity index (χ4n) is 10.6. The molecule has 182 valence electrons. The van der Waals surface area contributed by atoms with E-state index in [0.717, 1.165) is 44.9 Å². The number of carbonyl (C=O) groups excluding carboxylic acids is 2. The van der Waals surface area contributed by atoms with Gasteiger partial charge in [0, 0.05) is 17.8 Å². The maximum Gasteiger partial charge on any atom is 0.316 e. The zero-order valence-corrected chi connectivity index (χ0v) is 21.5. The van der Waals surface area contributed by atoms with Gasteiger partial charge < -0.3 is 9.47 Å². The molecule has 2 bridgehead atoms. The normalized spacial score (nSPS) is 54.5. The Hall–Kier alpha value is -1.16. The summed E-state index contributed by atoms with van der Waals surface area (Å²) in [6.45, 7) is 13.6. The molecule has 4 aliphatic carbocycles. The van der Waals surface area contributed by atoms with Crippen LogP contribution in [0.5, 0.6) is 0 Å². The largest absolute Gasteiger partial charge is 0.455 e. The number of esters is 1. The van der Waals surface area contributed by atoms with Gasteiger partial charge in [0.1, 0.15) is 11.2 Å². The minimum absolute atomic E-state index is 0.0373. The van der Waals surface area contributed by atoms with E-state index in [-0.39, 0.29) is 34.7 Å². The van der Waals surface area contributed by atoms with E-state index >= 15 is 0 Å². The number of hydrogen-bond acceptors (Lipinski definition) is 4. The van der Waals surface area contributed by atoms with Crippen molar-refractivity contribution < 1.29 is 19.1 Å². The number of epoxide rings is 1. The van der Waals surface area contributed by atoms with Gasteiger partial charge in [-0.05, 0) is 88.4 Å². The van der Waals surface area contributed by atoms with E-state index in [1.807, 2.05) is 0 Å². The first-order chi connectivity index (χ1) is 15.5. The number of ketones is 1. The summed E-state index contributed by atoms with van der Waals surface area (Å²) in [7, 11) is 0. The minimum Gasteiger partial charge on any atom is -0.455 e. The van der Waals surface area contributed by atoms with E-state index in [0.29, 0.717) is 24.0 Å². The zero-order chi connectivity index (χ0) is 23.6. The number of carbonyl (C=O) groups is 2. The van der Waals surface area contributed by atoms with Crippen LogP contribution in [0.15, 0.2) is 11.6 Å². The van der Waals surface area contributed by atoms with Crippen LogP contribution in [0.3, 0.4) is 0 Å². The molecule has 0 aromatic rings. The Bertz CT molecular complexity index is 949. The molecular formula is C29H42O4. The van der Waals surface area contributed by atoms with Crippen LogP contribution in [0.4, 0.5) is 0 Å². The van der Waals surface area contributed by atoms with Gasteiger partial charge in [-0.15, -0.1) is 0 Å². The van der Waals surface area contributed by atoms with Crippen molar-refractivity contribution in [3.8, 4) is 0 Å². The van der Waals surface area contributed by atoms with Crippen molar-refractivity contribution >= 4 is 11.8 Å². The van der Waals surface area contributed by atoms with Crippen LogP contribution in [-0.2, 0) is 19.1 Å². The van der Waals surface area contributed by atoms with Crippen LogP contribution in [-0.4, -0.2) is 29.1 Å². The second-order valence-electron chi connectivity index (χ2n) is 13.4. The summed E-state index contributed by atoms with van der Waals surface area (Å²) in [6.07, 6.45) is 11.0. The second-order valence-corrected chi connectivity index (χ2v) is 13.4. The molecule has 0 amide bonds. The predicted octanol–water partition coefficient (Wildman–Crippen LogP) is 6.02. The molecule has 6 aliphatic rings. The summed E-state index contributed by atoms with van der Waals surface area (Å²) >= 11 is 0. The molecule has 10 atom stereocenters. The molecule has 0 unspecified atom stereocenters. The van der Waals surface area contributed by atoms with Crippen LogP contribution in [0.25, 0.3) is 0 Å². The maximum atomic E-state index is 14.1. The van der Waals surface area contributed by atoms with Crippen LogP contribution in [0.1, 0.15) is 99.3 Å². The molecule has 33 heavy (non-hydrogen) atoms. The molecule has 0 N–H and O–H groups in total. The van der Waals surface area contributed by atoms with E-state index in [1.54, 1.807) is 0 Å². The predicted molar refractivity (Wildman–Crippen MR) is 126 cm³/mol. The molecule has 0 aromatic heterocycles. The summed E-state index contributed by atoms with van der Waals surface area (Å²) in [5.41, 5.74) is -0.347. The molecule has 2 aliphatic heterocycles. The molecular weight excluding hydrogens is 412 g/mol. The molecule has 4 heteroatoms. The van der Waals surface area contributed by atoms with Crippen LogP contribution < -0.4 is 0 Å². The summed E-state index contributed by atoms with van der Waals surface area (Å²) in [4.78, 5) is 26.8. The van der Waals surface area contributed by atoms with Crippen molar-refractivity contribution in [1.82, 2.24) is 0 Å². The van der Waals surface area contributed by atoms with Crippen LogP contribution in [0.2, 0.25) is 0 Å². The Kier molecular flexibility index (Phi) is 4.42. The zero-order valence-electron chi connectivity index (χ0n) is 21.5. The van der Waals surface area contributed by atoms with Gasteiger partial charge in [-0.25, -0.2) is 0 Å². The number of hydrogen-bond donors (Lipinski definition) is 0. The quantitative estimate of drug-likeness (QED) is 0.296. The lowest BCUT2D eigenvalue weighted by atomic mass is 9.38. The van der Waals surface area contributed by atoms with Gasteiger partial charge >= 0.3 is 5.97 Å². The Morgan fingerprint density at radius 1 is 1.12 bits per heavy atom. The molecule has 0 aromatic carbocycles. The molecule has 6 fully saturated rings. The van der Waals surface area contributed by atoms with Gasteiger partial charge in [0.15, 0.2) is 11.2 Å². The first kappa shape index (κ1) is 22.3. The highest BCUT2D eigenvalue weighted by Gasteiger charge is 2.97. The molecule has 4 saturated carbocycles. The molecule has 6 rings (SSSR count). The van der Waals surface area contributed by atoms with E-state index in [2.05, 4.69) is 47.6 Å². The van der Waals surface area contributed by atoms with Crippen molar-refractivity contribution in [3.63, 3.8) is 0 Å². The lowest BCUT2D eigenvalue weighted by Crippen LogP contribution is -2.71. The average molecular weight is 455 g/mol. The average Bonchev–Trinajstić information content (AvgIpc) is 3.34. The maximum absolute atomic E-state index is 14.1. The van der Waals surface area contributed by atoms with Crippen molar-refractivity contribution in [3.05, 3.63) is 11.6 Å². The lowest BCUT2D eigenvalue weighted by molar-refractivity contribution is -0.205. The highest BCUT2D eigenvalue weighted by Crippen LogP contribution is 2.86. The van der Waals surface area contributed by atoms with Gasteiger partial charge in [0.25, 0.3) is 0 Å². The summed E-state index contributed by atoms with van der Waals surface area (Å²) in [5.74, 6) is 1.83. The SMILES string of the molecule is CC(C)=CCC[C@@H](C)[C@H]1CC[C@]23C(=O)O[C@]4(CC[C@]12C)[C@]31O[C@H]1C[C@H]1[C@H](C)C(=O)CC[C@@]14C.